The normalized spacial score (nSPS) is 27.1. The van der Waals surface area contributed by atoms with Crippen molar-refractivity contribution >= 4 is 0 Å². The number of aliphatic hydroxyl groups excluding tert-OH is 1. The molecule has 1 unspecified atom stereocenters. The summed E-state index contributed by atoms with van der Waals surface area (Å²) in [6, 6.07) is 18.3. The molecule has 1 saturated heterocycles. The molecule has 0 amide bonds. The minimum Gasteiger partial charge on any atom is -0.491 e. The lowest BCUT2D eigenvalue weighted by molar-refractivity contribution is -0.926. The molecule has 0 aromatic heterocycles. The summed E-state index contributed by atoms with van der Waals surface area (Å²) in [6.45, 7) is 7.04. The van der Waals surface area contributed by atoms with Crippen LogP contribution in [0, 0.1) is 0 Å². The van der Waals surface area contributed by atoms with Gasteiger partial charge in [-0.1, -0.05) is 42.5 Å². The van der Waals surface area contributed by atoms with E-state index >= 15 is 0 Å². The summed E-state index contributed by atoms with van der Waals surface area (Å²) in [5.41, 5.74) is 2.35. The highest BCUT2D eigenvalue weighted by Crippen LogP contribution is 2.22. The average molecular weight is 356 g/mol. The van der Waals surface area contributed by atoms with Gasteiger partial charge in [0.05, 0.1) is 7.05 Å². The largest absolute Gasteiger partial charge is 0.491 e. The fourth-order valence-corrected chi connectivity index (χ4v) is 4.08. The Balaban J connectivity index is 1.52. The lowest BCUT2D eigenvalue weighted by atomic mass is 10.1. The average Bonchev–Trinajstić information content (AvgIpc) is 2.59. The zero-order valence-electron chi connectivity index (χ0n) is 16.0. The zero-order chi connectivity index (χ0) is 18.6. The Labute approximate surface area is 156 Å². The molecule has 4 heteroatoms. The van der Waals surface area contributed by atoms with E-state index in [1.165, 1.54) is 5.56 Å². The fourth-order valence-electron chi connectivity index (χ4n) is 4.08. The van der Waals surface area contributed by atoms with Crippen molar-refractivity contribution in [2.75, 3.05) is 33.3 Å². The van der Waals surface area contributed by atoms with Crippen LogP contribution in [-0.2, 0) is 4.74 Å². The van der Waals surface area contributed by atoms with E-state index in [2.05, 4.69) is 45.2 Å². The van der Waals surface area contributed by atoms with Gasteiger partial charge in [0.2, 0.25) is 0 Å². The van der Waals surface area contributed by atoms with Gasteiger partial charge in [0.1, 0.15) is 50.3 Å². The Hall–Kier alpha value is -1.88. The second kappa shape index (κ2) is 8.21. The van der Waals surface area contributed by atoms with Gasteiger partial charge >= 0.3 is 0 Å². The predicted molar refractivity (Wildman–Crippen MR) is 104 cm³/mol. The standard InChI is InChI=1S/C22H30NO3/c1-17-13-23(3,14-18(2)26-17)15-21(24)16-25-22-11-9-20(10-12-22)19-7-5-4-6-8-19/h4-12,17-18,21,24H,13-16H2,1-3H3/q+1/t17-,18+,21-,23?/m1/s1. The molecule has 0 aliphatic carbocycles. The topological polar surface area (TPSA) is 38.7 Å². The second-order valence-corrected chi connectivity index (χ2v) is 7.78. The van der Waals surface area contributed by atoms with E-state index in [0.717, 1.165) is 28.9 Å². The SMILES string of the molecule is C[C@@H]1C[N+](C)(C[C@@H](O)COc2ccc(-c3ccccc3)cc2)C[C@H](C)O1. The first kappa shape index (κ1) is 18.9. The number of quaternary nitrogens is 1. The molecule has 26 heavy (non-hydrogen) atoms. The van der Waals surface area contributed by atoms with Crippen LogP contribution in [-0.4, -0.2) is 61.2 Å². The Kier molecular flexibility index (Phi) is 5.97. The molecule has 2 aromatic carbocycles. The van der Waals surface area contributed by atoms with Gasteiger partial charge in [0, 0.05) is 0 Å². The van der Waals surface area contributed by atoms with Crippen LogP contribution in [0.3, 0.4) is 0 Å². The summed E-state index contributed by atoms with van der Waals surface area (Å²) in [6.07, 6.45) is -0.0453. The van der Waals surface area contributed by atoms with Crippen molar-refractivity contribution in [2.24, 2.45) is 0 Å². The van der Waals surface area contributed by atoms with E-state index in [0.29, 0.717) is 13.2 Å². The highest BCUT2D eigenvalue weighted by molar-refractivity contribution is 5.63. The van der Waals surface area contributed by atoms with Gasteiger partial charge in [-0.2, -0.15) is 0 Å². The highest BCUT2D eigenvalue weighted by Gasteiger charge is 2.35. The molecular weight excluding hydrogens is 326 g/mol. The van der Waals surface area contributed by atoms with Crippen LogP contribution in [0.15, 0.2) is 54.6 Å². The lowest BCUT2D eigenvalue weighted by Gasteiger charge is -2.43. The number of ether oxygens (including phenoxy) is 2. The van der Waals surface area contributed by atoms with Crippen LogP contribution in [0.5, 0.6) is 5.75 Å². The minimum atomic E-state index is -0.494. The molecule has 1 aliphatic rings. The first-order valence-corrected chi connectivity index (χ1v) is 9.39. The summed E-state index contributed by atoms with van der Waals surface area (Å²) < 4.78 is 12.4. The first-order valence-electron chi connectivity index (χ1n) is 9.39. The zero-order valence-corrected chi connectivity index (χ0v) is 16.0. The van der Waals surface area contributed by atoms with Crippen molar-refractivity contribution in [2.45, 2.75) is 32.2 Å². The van der Waals surface area contributed by atoms with Crippen LogP contribution in [0.4, 0.5) is 0 Å². The quantitative estimate of drug-likeness (QED) is 0.807. The third-order valence-electron chi connectivity index (χ3n) is 4.92. The summed E-state index contributed by atoms with van der Waals surface area (Å²) in [5.74, 6) is 0.787. The van der Waals surface area contributed by atoms with Gasteiger partial charge < -0.3 is 19.1 Å². The summed E-state index contributed by atoms with van der Waals surface area (Å²) in [4.78, 5) is 0. The van der Waals surface area contributed by atoms with E-state index in [1.807, 2.05) is 30.3 Å². The molecule has 1 heterocycles. The number of hydrogen-bond acceptors (Lipinski definition) is 3. The molecule has 0 spiro atoms. The number of aliphatic hydroxyl groups is 1. The molecule has 0 bridgehead atoms. The molecular formula is C22H30NO3+. The molecule has 140 valence electrons. The van der Waals surface area contributed by atoms with Gasteiger partial charge in [-0.15, -0.1) is 0 Å². The Morgan fingerprint density at radius 3 is 2.19 bits per heavy atom. The number of benzene rings is 2. The van der Waals surface area contributed by atoms with Crippen molar-refractivity contribution in [3.8, 4) is 16.9 Å². The molecule has 1 fully saturated rings. The third-order valence-corrected chi connectivity index (χ3v) is 4.92. The minimum absolute atomic E-state index is 0.224. The number of likely N-dealkylation sites (N-methyl/N-ethyl adjacent to an activating group) is 1. The maximum absolute atomic E-state index is 10.5. The van der Waals surface area contributed by atoms with E-state index < -0.39 is 6.10 Å². The summed E-state index contributed by atoms with van der Waals surface area (Å²) in [5, 5.41) is 10.5. The van der Waals surface area contributed by atoms with E-state index in [1.54, 1.807) is 0 Å². The fraction of sp³-hybridized carbons (Fsp3) is 0.455. The molecule has 1 N–H and O–H groups in total. The number of hydrogen-bond donors (Lipinski definition) is 1. The van der Waals surface area contributed by atoms with Gasteiger partial charge in [-0.25, -0.2) is 0 Å². The monoisotopic (exact) mass is 356 g/mol. The van der Waals surface area contributed by atoms with Gasteiger partial charge in [-0.3, -0.25) is 0 Å². The highest BCUT2D eigenvalue weighted by atomic mass is 16.5. The number of nitrogens with zero attached hydrogens (tertiary/aromatic N) is 1. The van der Waals surface area contributed by atoms with E-state index in [-0.39, 0.29) is 12.2 Å². The Bertz CT molecular complexity index is 676. The van der Waals surface area contributed by atoms with E-state index in [9.17, 15) is 5.11 Å². The molecule has 1 aliphatic heterocycles. The van der Waals surface area contributed by atoms with Gasteiger partial charge in [-0.05, 0) is 37.1 Å². The van der Waals surface area contributed by atoms with Crippen molar-refractivity contribution in [1.29, 1.82) is 0 Å². The molecule has 0 saturated carbocycles. The van der Waals surface area contributed by atoms with Crippen molar-refractivity contribution < 1.29 is 19.1 Å². The summed E-state index contributed by atoms with van der Waals surface area (Å²) in [7, 11) is 2.19. The maximum Gasteiger partial charge on any atom is 0.137 e. The van der Waals surface area contributed by atoms with Crippen molar-refractivity contribution in [3.63, 3.8) is 0 Å². The molecule has 3 rings (SSSR count). The molecule has 4 atom stereocenters. The molecule has 2 aromatic rings. The smallest absolute Gasteiger partial charge is 0.137 e. The van der Waals surface area contributed by atoms with E-state index in [4.69, 9.17) is 9.47 Å². The van der Waals surface area contributed by atoms with Crippen LogP contribution in [0.2, 0.25) is 0 Å². The van der Waals surface area contributed by atoms with Gasteiger partial charge in [0.25, 0.3) is 0 Å². The van der Waals surface area contributed by atoms with Crippen LogP contribution >= 0.6 is 0 Å². The first-order chi connectivity index (χ1) is 12.4. The second-order valence-electron chi connectivity index (χ2n) is 7.78. The van der Waals surface area contributed by atoms with Crippen LogP contribution < -0.4 is 4.74 Å². The molecule has 4 nitrogen and oxygen atoms in total. The predicted octanol–water partition coefficient (Wildman–Crippen LogP) is 3.35. The lowest BCUT2D eigenvalue weighted by Crippen LogP contribution is -2.60. The number of morpholine rings is 1. The Morgan fingerprint density at radius 2 is 1.58 bits per heavy atom. The Morgan fingerprint density at radius 1 is 1.00 bits per heavy atom. The number of rotatable bonds is 6. The van der Waals surface area contributed by atoms with Gasteiger partial charge in [0.15, 0.2) is 0 Å². The van der Waals surface area contributed by atoms with Crippen molar-refractivity contribution in [1.82, 2.24) is 0 Å². The third kappa shape index (κ3) is 5.07. The summed E-state index contributed by atoms with van der Waals surface area (Å²) >= 11 is 0. The molecule has 0 radical (unpaired) electrons. The maximum atomic E-state index is 10.5. The van der Waals surface area contributed by atoms with Crippen LogP contribution in [0.25, 0.3) is 11.1 Å². The van der Waals surface area contributed by atoms with Crippen LogP contribution in [0.1, 0.15) is 13.8 Å². The van der Waals surface area contributed by atoms with Crippen molar-refractivity contribution in [3.05, 3.63) is 54.6 Å².